The molecule has 0 saturated carbocycles. The fraction of sp³-hybridized carbons (Fsp3) is 0.0882. The molecule has 1 N–H and O–H groups in total. The van der Waals surface area contributed by atoms with Gasteiger partial charge in [-0.2, -0.15) is 0 Å². The van der Waals surface area contributed by atoms with E-state index in [0.717, 1.165) is 27.8 Å². The quantitative estimate of drug-likeness (QED) is 0.238. The van der Waals surface area contributed by atoms with Crippen LogP contribution in [0.3, 0.4) is 0 Å². The van der Waals surface area contributed by atoms with E-state index in [-0.39, 0.29) is 18.4 Å². The molecule has 0 atom stereocenters. The zero-order valence-corrected chi connectivity index (χ0v) is 20.1. The lowest BCUT2D eigenvalue weighted by molar-refractivity contribution is -0.122. The van der Waals surface area contributed by atoms with Crippen molar-refractivity contribution in [3.8, 4) is 0 Å². The van der Waals surface area contributed by atoms with E-state index in [1.165, 1.54) is 0 Å². The highest BCUT2D eigenvalue weighted by Gasteiger charge is 2.38. The lowest BCUT2D eigenvalue weighted by atomic mass is 9.67. The maximum Gasteiger partial charge on any atom is 0.222 e. The Kier molecular flexibility index (Phi) is 7.05. The minimum atomic E-state index is -0.633. The molecular weight excluding hydrogens is 438 g/mol. The average molecular weight is 468 g/mol. The number of carbonyl (C=O) groups excluding carboxylic acids is 1. The van der Waals surface area contributed by atoms with Gasteiger partial charge in [-0.1, -0.05) is 152 Å². The maximum absolute atomic E-state index is 14.0. The van der Waals surface area contributed by atoms with Gasteiger partial charge in [-0.3, -0.25) is 4.79 Å². The van der Waals surface area contributed by atoms with Crippen LogP contribution in [0, 0.1) is 0 Å². The Balaban J connectivity index is 1.60. The molecule has 0 aliphatic carbocycles. The first-order valence-corrected chi connectivity index (χ1v) is 12.3. The summed E-state index contributed by atoms with van der Waals surface area (Å²) < 4.78 is 0. The summed E-state index contributed by atoms with van der Waals surface area (Å²) in [5.41, 5.74) is 4.75. The van der Waals surface area contributed by atoms with Gasteiger partial charge in [-0.15, -0.1) is 0 Å². The fourth-order valence-corrected chi connectivity index (χ4v) is 5.08. The van der Waals surface area contributed by atoms with Gasteiger partial charge in [-0.25, -0.2) is 0 Å². The van der Waals surface area contributed by atoms with Crippen LogP contribution in [-0.2, 0) is 10.2 Å². The Morgan fingerprint density at radius 1 is 0.500 bits per heavy atom. The lowest BCUT2D eigenvalue weighted by Gasteiger charge is -2.36. The largest absolute Gasteiger partial charge is 0.345 e. The summed E-state index contributed by atoms with van der Waals surface area (Å²) in [5, 5.41) is 3.38. The summed E-state index contributed by atoms with van der Waals surface area (Å²) >= 11 is 0. The predicted molar refractivity (Wildman–Crippen MR) is 147 cm³/mol. The van der Waals surface area contributed by atoms with E-state index in [4.69, 9.17) is 0 Å². The molecule has 5 rings (SSSR count). The van der Waals surface area contributed by atoms with E-state index in [0.29, 0.717) is 0 Å². The first-order valence-electron chi connectivity index (χ1n) is 12.3. The highest BCUT2D eigenvalue weighted by molar-refractivity contribution is 5.81. The van der Waals surface area contributed by atoms with Gasteiger partial charge in [-0.05, 0) is 27.8 Å². The van der Waals surface area contributed by atoms with E-state index in [1.807, 2.05) is 91.0 Å². The minimum absolute atomic E-state index is 0.00994. The highest BCUT2D eigenvalue weighted by Crippen LogP contribution is 2.42. The molecule has 0 aromatic heterocycles. The number of hydrogen-bond donors (Lipinski definition) is 1. The summed E-state index contributed by atoms with van der Waals surface area (Å²) in [6.07, 6.45) is 0.279. The van der Waals surface area contributed by atoms with Crippen LogP contribution < -0.4 is 5.32 Å². The van der Waals surface area contributed by atoms with Gasteiger partial charge in [0.25, 0.3) is 0 Å². The first kappa shape index (κ1) is 23.3. The van der Waals surface area contributed by atoms with E-state index >= 15 is 0 Å². The average Bonchev–Trinajstić information content (AvgIpc) is 2.97. The van der Waals surface area contributed by atoms with E-state index < -0.39 is 5.41 Å². The molecule has 0 bridgehead atoms. The molecule has 0 heterocycles. The Labute approximate surface area is 213 Å². The number of hydrogen-bond acceptors (Lipinski definition) is 1. The Bertz CT molecular complexity index is 1230. The van der Waals surface area contributed by atoms with E-state index in [1.54, 1.807) is 0 Å². The van der Waals surface area contributed by atoms with Crippen LogP contribution in [-0.4, -0.2) is 5.91 Å². The maximum atomic E-state index is 14.0. The number of carbonyl (C=O) groups is 1. The van der Waals surface area contributed by atoms with Crippen molar-refractivity contribution < 1.29 is 4.79 Å². The zero-order valence-electron chi connectivity index (χ0n) is 20.1. The molecule has 176 valence electrons. The molecule has 0 radical (unpaired) electrons. The van der Waals surface area contributed by atoms with Crippen LogP contribution in [0.4, 0.5) is 0 Å². The molecule has 36 heavy (non-hydrogen) atoms. The van der Waals surface area contributed by atoms with Gasteiger partial charge in [0.15, 0.2) is 0 Å². The molecule has 2 nitrogen and oxygen atoms in total. The van der Waals surface area contributed by atoms with E-state index in [9.17, 15) is 4.79 Å². The van der Waals surface area contributed by atoms with Crippen molar-refractivity contribution in [2.45, 2.75) is 17.9 Å². The monoisotopic (exact) mass is 467 g/mol. The summed E-state index contributed by atoms with van der Waals surface area (Å²) in [6, 6.07) is 51.2. The third kappa shape index (κ3) is 4.85. The van der Waals surface area contributed by atoms with Gasteiger partial charge in [0.2, 0.25) is 5.91 Å². The molecule has 2 heteroatoms. The van der Waals surface area contributed by atoms with Crippen LogP contribution in [0.2, 0.25) is 0 Å². The van der Waals surface area contributed by atoms with Crippen molar-refractivity contribution >= 4 is 5.91 Å². The first-order chi connectivity index (χ1) is 17.8. The number of nitrogens with one attached hydrogen (secondary N) is 1. The molecule has 5 aromatic carbocycles. The van der Waals surface area contributed by atoms with Crippen molar-refractivity contribution in [1.29, 1.82) is 0 Å². The van der Waals surface area contributed by atoms with Crippen LogP contribution in [0.1, 0.15) is 40.3 Å². The molecule has 0 saturated heterocycles. The summed E-state index contributed by atoms with van der Waals surface area (Å²) in [7, 11) is 0. The standard InChI is InChI=1S/C34H29NO/c36-32(35-33(27-16-6-1-7-17-27)28-18-8-2-9-19-28)26-34(29-20-10-3-11-21-29,30-22-12-4-13-23-30)31-24-14-5-15-25-31/h1-25,33H,26H2,(H,35,36). The SMILES string of the molecule is O=C(CC(c1ccccc1)(c1ccccc1)c1ccccc1)NC(c1ccccc1)c1ccccc1. The van der Waals surface area contributed by atoms with Gasteiger partial charge >= 0.3 is 0 Å². The van der Waals surface area contributed by atoms with Crippen LogP contribution in [0.5, 0.6) is 0 Å². The zero-order chi connectivity index (χ0) is 24.6. The van der Waals surface area contributed by atoms with Crippen molar-refractivity contribution in [2.24, 2.45) is 0 Å². The normalized spacial score (nSPS) is 11.2. The van der Waals surface area contributed by atoms with Crippen LogP contribution >= 0.6 is 0 Å². The highest BCUT2D eigenvalue weighted by atomic mass is 16.1. The van der Waals surface area contributed by atoms with Gasteiger partial charge in [0, 0.05) is 6.42 Å². The van der Waals surface area contributed by atoms with Gasteiger partial charge in [0.1, 0.15) is 0 Å². The van der Waals surface area contributed by atoms with Crippen molar-refractivity contribution in [3.05, 3.63) is 179 Å². The van der Waals surface area contributed by atoms with Gasteiger partial charge in [0.05, 0.1) is 11.5 Å². The third-order valence-corrected chi connectivity index (χ3v) is 6.80. The smallest absolute Gasteiger partial charge is 0.222 e. The summed E-state index contributed by atoms with van der Waals surface area (Å²) in [5.74, 6) is -0.00994. The molecule has 0 aliphatic rings. The van der Waals surface area contributed by atoms with Crippen LogP contribution in [0.25, 0.3) is 0 Å². The molecule has 0 unspecified atom stereocenters. The second-order valence-corrected chi connectivity index (χ2v) is 9.00. The van der Waals surface area contributed by atoms with Crippen LogP contribution in [0.15, 0.2) is 152 Å². The number of benzene rings is 5. The fourth-order valence-electron chi connectivity index (χ4n) is 5.08. The summed E-state index contributed by atoms with van der Waals surface area (Å²) in [4.78, 5) is 14.0. The molecule has 1 amide bonds. The second kappa shape index (κ2) is 10.9. The van der Waals surface area contributed by atoms with E-state index in [2.05, 4.69) is 66.0 Å². The van der Waals surface area contributed by atoms with Crippen molar-refractivity contribution in [3.63, 3.8) is 0 Å². The Morgan fingerprint density at radius 2 is 0.806 bits per heavy atom. The Hall–Kier alpha value is -4.43. The number of rotatable bonds is 8. The topological polar surface area (TPSA) is 29.1 Å². The minimum Gasteiger partial charge on any atom is -0.345 e. The predicted octanol–water partition coefficient (Wildman–Crippen LogP) is 7.32. The molecule has 0 fully saturated rings. The van der Waals surface area contributed by atoms with Crippen molar-refractivity contribution in [1.82, 2.24) is 5.32 Å². The number of amides is 1. The molecular formula is C34H29NO. The molecule has 5 aromatic rings. The molecule has 0 aliphatic heterocycles. The van der Waals surface area contributed by atoms with Gasteiger partial charge < -0.3 is 5.32 Å². The lowest BCUT2D eigenvalue weighted by Crippen LogP contribution is -2.38. The Morgan fingerprint density at radius 3 is 1.14 bits per heavy atom. The molecule has 0 spiro atoms. The summed E-state index contributed by atoms with van der Waals surface area (Å²) in [6.45, 7) is 0. The van der Waals surface area contributed by atoms with Crippen molar-refractivity contribution in [2.75, 3.05) is 0 Å². The third-order valence-electron chi connectivity index (χ3n) is 6.80. The second-order valence-electron chi connectivity index (χ2n) is 9.00.